The van der Waals surface area contributed by atoms with E-state index in [2.05, 4.69) is 0 Å². The second kappa shape index (κ2) is 15.6. The Hall–Kier alpha value is -2.27. The number of rotatable bonds is 7. The number of hydrogen-bond acceptors (Lipinski definition) is 3. The Morgan fingerprint density at radius 1 is 1.06 bits per heavy atom. The minimum atomic E-state index is -0.902. The Labute approximate surface area is 210 Å². The Morgan fingerprint density at radius 2 is 1.68 bits per heavy atom. The van der Waals surface area contributed by atoms with Gasteiger partial charge in [0.1, 0.15) is 18.0 Å². The molecule has 1 aliphatic rings. The SMILES string of the molecule is CC.CC.CC.CCc1cc(OCc2cc(Cl)cc3c2OC(C)(C)C3)c(F)cc1CCC(=O)O. The maximum absolute atomic E-state index is 14.5. The standard InChI is InChI=1S/C22H24ClFO4.3C2H6/c1-4-13-10-19(18(24)9-14(13)5-6-20(25)26)27-12-16-8-17(23)7-15-11-22(2,3)28-21(15)16;3*1-2/h7-10H,4-6,11-12H2,1-3H3,(H,25,26);3*1-2H3. The number of carboxylic acid groups (broad SMARTS) is 1. The van der Waals surface area contributed by atoms with Crippen LogP contribution in [0, 0.1) is 5.82 Å². The lowest BCUT2D eigenvalue weighted by Gasteiger charge is -2.18. The molecule has 0 atom stereocenters. The summed E-state index contributed by atoms with van der Waals surface area (Å²) in [6.07, 6.45) is 1.67. The van der Waals surface area contributed by atoms with Crippen molar-refractivity contribution in [2.24, 2.45) is 0 Å². The summed E-state index contributed by atoms with van der Waals surface area (Å²) < 4.78 is 26.3. The Kier molecular flexibility index (Phi) is 14.6. The minimum Gasteiger partial charge on any atom is -0.487 e. The minimum absolute atomic E-state index is 0.0333. The van der Waals surface area contributed by atoms with Crippen LogP contribution in [0.5, 0.6) is 11.5 Å². The van der Waals surface area contributed by atoms with Crippen molar-refractivity contribution in [3.05, 3.63) is 57.4 Å². The van der Waals surface area contributed by atoms with E-state index in [1.165, 1.54) is 6.07 Å². The fourth-order valence-corrected chi connectivity index (χ4v) is 3.82. The van der Waals surface area contributed by atoms with E-state index in [-0.39, 0.29) is 24.4 Å². The smallest absolute Gasteiger partial charge is 0.303 e. The van der Waals surface area contributed by atoms with E-state index in [4.69, 9.17) is 26.2 Å². The van der Waals surface area contributed by atoms with Gasteiger partial charge < -0.3 is 14.6 Å². The molecular formula is C28H42ClFO4. The largest absolute Gasteiger partial charge is 0.487 e. The van der Waals surface area contributed by atoms with Gasteiger partial charge in [0.15, 0.2) is 11.6 Å². The molecule has 0 unspecified atom stereocenters. The van der Waals surface area contributed by atoms with Crippen LogP contribution in [0.3, 0.4) is 0 Å². The van der Waals surface area contributed by atoms with E-state index in [1.807, 2.05) is 68.4 Å². The van der Waals surface area contributed by atoms with Gasteiger partial charge in [-0.1, -0.05) is 60.1 Å². The first-order valence-electron chi connectivity index (χ1n) is 12.3. The molecule has 34 heavy (non-hydrogen) atoms. The van der Waals surface area contributed by atoms with Gasteiger partial charge >= 0.3 is 5.97 Å². The molecule has 0 spiro atoms. The van der Waals surface area contributed by atoms with Crippen molar-refractivity contribution in [2.45, 2.75) is 100 Å². The van der Waals surface area contributed by atoms with Crippen LogP contribution in [0.15, 0.2) is 24.3 Å². The molecule has 1 heterocycles. The van der Waals surface area contributed by atoms with E-state index in [9.17, 15) is 9.18 Å². The van der Waals surface area contributed by atoms with Crippen LogP contribution in [0.4, 0.5) is 4.39 Å². The first kappa shape index (κ1) is 31.7. The number of fused-ring (bicyclic) bond motifs is 1. The number of benzene rings is 2. The third-order valence-corrected chi connectivity index (χ3v) is 5.05. The third kappa shape index (κ3) is 9.17. The normalized spacial score (nSPS) is 12.4. The summed E-state index contributed by atoms with van der Waals surface area (Å²) in [5.74, 6) is -0.511. The number of halogens is 2. The molecule has 2 aromatic rings. The molecule has 1 N–H and O–H groups in total. The van der Waals surface area contributed by atoms with Crippen LogP contribution in [-0.2, 0) is 30.7 Å². The van der Waals surface area contributed by atoms with Gasteiger partial charge in [0.25, 0.3) is 0 Å². The van der Waals surface area contributed by atoms with Crippen molar-refractivity contribution < 1.29 is 23.8 Å². The Bertz CT molecular complexity index is 910. The summed E-state index contributed by atoms with van der Waals surface area (Å²) in [7, 11) is 0. The maximum Gasteiger partial charge on any atom is 0.303 e. The van der Waals surface area contributed by atoms with Crippen LogP contribution >= 0.6 is 11.6 Å². The fraction of sp³-hybridized carbons (Fsp3) is 0.536. The number of hydrogen-bond donors (Lipinski definition) is 1. The highest BCUT2D eigenvalue weighted by Gasteiger charge is 2.32. The number of aliphatic carboxylic acids is 1. The zero-order valence-corrected chi connectivity index (χ0v) is 23.0. The molecule has 0 saturated carbocycles. The van der Waals surface area contributed by atoms with Crippen molar-refractivity contribution in [3.63, 3.8) is 0 Å². The average molecular weight is 497 g/mol. The topological polar surface area (TPSA) is 55.8 Å². The third-order valence-electron chi connectivity index (χ3n) is 4.83. The lowest BCUT2D eigenvalue weighted by molar-refractivity contribution is -0.136. The summed E-state index contributed by atoms with van der Waals surface area (Å²) >= 11 is 6.23. The van der Waals surface area contributed by atoms with Gasteiger partial charge in [-0.05, 0) is 67.6 Å². The molecule has 6 heteroatoms. The van der Waals surface area contributed by atoms with Crippen molar-refractivity contribution >= 4 is 17.6 Å². The number of aryl methyl sites for hydroxylation is 2. The van der Waals surface area contributed by atoms with Gasteiger partial charge in [-0.15, -0.1) is 0 Å². The van der Waals surface area contributed by atoms with Crippen molar-refractivity contribution in [3.8, 4) is 11.5 Å². The van der Waals surface area contributed by atoms with Crippen molar-refractivity contribution in [1.82, 2.24) is 0 Å². The van der Waals surface area contributed by atoms with Crippen LogP contribution in [-0.4, -0.2) is 16.7 Å². The molecule has 0 aliphatic carbocycles. The molecule has 0 saturated heterocycles. The van der Waals surface area contributed by atoms with Gasteiger partial charge in [0.2, 0.25) is 0 Å². The molecule has 0 aromatic heterocycles. The summed E-state index contributed by atoms with van der Waals surface area (Å²) in [6, 6.07) is 6.70. The first-order valence-corrected chi connectivity index (χ1v) is 12.7. The van der Waals surface area contributed by atoms with E-state index in [1.54, 1.807) is 12.1 Å². The van der Waals surface area contributed by atoms with E-state index in [0.29, 0.717) is 23.4 Å². The van der Waals surface area contributed by atoms with E-state index >= 15 is 0 Å². The predicted octanol–water partition coefficient (Wildman–Crippen LogP) is 8.43. The second-order valence-electron chi connectivity index (χ2n) is 7.68. The summed E-state index contributed by atoms with van der Waals surface area (Å²) in [5.41, 5.74) is 3.07. The zero-order valence-electron chi connectivity index (χ0n) is 22.3. The highest BCUT2D eigenvalue weighted by atomic mass is 35.5. The Balaban J connectivity index is 0.00000168. The molecule has 4 nitrogen and oxygen atoms in total. The summed E-state index contributed by atoms with van der Waals surface area (Å²) in [6.45, 7) is 18.1. The molecule has 2 aromatic carbocycles. The van der Waals surface area contributed by atoms with Crippen LogP contribution < -0.4 is 9.47 Å². The van der Waals surface area contributed by atoms with Gasteiger partial charge in [-0.2, -0.15) is 0 Å². The molecule has 0 amide bonds. The molecule has 0 bridgehead atoms. The molecule has 0 fully saturated rings. The van der Waals surface area contributed by atoms with Crippen LogP contribution in [0.1, 0.15) is 91.0 Å². The van der Waals surface area contributed by atoms with Gasteiger partial charge in [0, 0.05) is 23.4 Å². The highest BCUT2D eigenvalue weighted by Crippen LogP contribution is 2.40. The molecular weight excluding hydrogens is 455 g/mol. The van der Waals surface area contributed by atoms with Gasteiger partial charge in [-0.3, -0.25) is 4.79 Å². The highest BCUT2D eigenvalue weighted by molar-refractivity contribution is 6.30. The fourth-order valence-electron chi connectivity index (χ4n) is 3.56. The van der Waals surface area contributed by atoms with Crippen molar-refractivity contribution in [2.75, 3.05) is 0 Å². The lowest BCUT2D eigenvalue weighted by Crippen LogP contribution is -2.25. The predicted molar refractivity (Wildman–Crippen MR) is 140 cm³/mol. The van der Waals surface area contributed by atoms with Crippen LogP contribution in [0.25, 0.3) is 0 Å². The lowest BCUT2D eigenvalue weighted by atomic mass is 10.00. The maximum atomic E-state index is 14.5. The molecule has 0 radical (unpaired) electrons. The quantitative estimate of drug-likeness (QED) is 0.417. The molecule has 3 rings (SSSR count). The first-order chi connectivity index (χ1) is 16.2. The summed E-state index contributed by atoms with van der Waals surface area (Å²) in [4.78, 5) is 10.8. The van der Waals surface area contributed by atoms with E-state index < -0.39 is 11.8 Å². The number of carbonyl (C=O) groups is 1. The van der Waals surface area contributed by atoms with Gasteiger partial charge in [-0.25, -0.2) is 4.39 Å². The van der Waals surface area contributed by atoms with Crippen molar-refractivity contribution in [1.29, 1.82) is 0 Å². The van der Waals surface area contributed by atoms with Gasteiger partial charge in [0.05, 0.1) is 0 Å². The Morgan fingerprint density at radius 3 is 2.24 bits per heavy atom. The van der Waals surface area contributed by atoms with Crippen LogP contribution in [0.2, 0.25) is 5.02 Å². The molecule has 192 valence electrons. The monoisotopic (exact) mass is 496 g/mol. The molecule has 1 aliphatic heterocycles. The number of carboxylic acids is 1. The number of ether oxygens (including phenoxy) is 2. The summed E-state index contributed by atoms with van der Waals surface area (Å²) in [5, 5.41) is 9.46. The van der Waals surface area contributed by atoms with E-state index in [0.717, 1.165) is 28.9 Å². The zero-order chi connectivity index (χ0) is 26.5. The second-order valence-corrected chi connectivity index (χ2v) is 8.12. The average Bonchev–Trinajstić information content (AvgIpc) is 3.14.